The van der Waals surface area contributed by atoms with Crippen LogP contribution in [0.25, 0.3) is 0 Å². The van der Waals surface area contributed by atoms with E-state index in [0.29, 0.717) is 36.5 Å². The molecule has 0 saturated heterocycles. The molecule has 1 aliphatic carbocycles. The fraction of sp³-hybridized carbons (Fsp3) is 0.667. The van der Waals surface area contributed by atoms with Crippen LogP contribution in [0.15, 0.2) is 12.4 Å². The smallest absolute Gasteiger partial charge is 0.407 e. The molecule has 0 radical (unpaired) electrons. The normalized spacial score (nSPS) is 18.8. The van der Waals surface area contributed by atoms with Crippen LogP contribution in [0.3, 0.4) is 0 Å². The minimum absolute atomic E-state index is 0.320. The summed E-state index contributed by atoms with van der Waals surface area (Å²) in [6.07, 6.45) is 3.62. The van der Waals surface area contributed by atoms with Gasteiger partial charge >= 0.3 is 12.1 Å². The van der Waals surface area contributed by atoms with Crippen molar-refractivity contribution in [3.63, 3.8) is 0 Å². The van der Waals surface area contributed by atoms with Crippen LogP contribution in [-0.4, -0.2) is 54.4 Å². The van der Waals surface area contributed by atoms with Crippen molar-refractivity contribution in [2.75, 3.05) is 31.6 Å². The van der Waals surface area contributed by atoms with Crippen molar-refractivity contribution in [1.82, 2.24) is 15.3 Å². The van der Waals surface area contributed by atoms with Crippen molar-refractivity contribution in [3.8, 4) is 0 Å². The van der Waals surface area contributed by atoms with Crippen LogP contribution in [0.1, 0.15) is 44.5 Å². The van der Waals surface area contributed by atoms with Crippen molar-refractivity contribution >= 4 is 18.0 Å². The van der Waals surface area contributed by atoms with Crippen molar-refractivity contribution in [2.45, 2.75) is 39.7 Å². The molecule has 8 nitrogen and oxygen atoms in total. The molecule has 144 valence electrons. The van der Waals surface area contributed by atoms with Gasteiger partial charge in [0, 0.05) is 32.5 Å². The molecule has 0 spiro atoms. The fourth-order valence-corrected chi connectivity index (χ4v) is 2.58. The summed E-state index contributed by atoms with van der Waals surface area (Å²) in [5, 5.41) is 2.81. The molecule has 1 aliphatic rings. The first-order valence-electron chi connectivity index (χ1n) is 8.86. The lowest BCUT2D eigenvalue weighted by molar-refractivity contribution is 0.0514. The molecular formula is C18H28N4O4. The van der Waals surface area contributed by atoms with Crippen LogP contribution in [0.5, 0.6) is 0 Å². The minimum atomic E-state index is -0.486. The average Bonchev–Trinajstić information content (AvgIpc) is 3.29. The molecule has 1 N–H and O–H groups in total. The molecule has 0 aliphatic heterocycles. The van der Waals surface area contributed by atoms with Gasteiger partial charge in [0.25, 0.3) is 0 Å². The predicted molar refractivity (Wildman–Crippen MR) is 97.1 cm³/mol. The maximum absolute atomic E-state index is 11.7. The van der Waals surface area contributed by atoms with Crippen molar-refractivity contribution in [3.05, 3.63) is 18.0 Å². The number of nitrogens with zero attached hydrogens (tertiary/aromatic N) is 3. The quantitative estimate of drug-likeness (QED) is 0.742. The fourth-order valence-electron chi connectivity index (χ4n) is 2.58. The zero-order valence-electron chi connectivity index (χ0n) is 16.1. The topological polar surface area (TPSA) is 93.7 Å². The van der Waals surface area contributed by atoms with E-state index in [1.54, 1.807) is 6.92 Å². The third kappa shape index (κ3) is 6.16. The highest BCUT2D eigenvalue weighted by Gasteiger charge is 2.38. The molecule has 1 amide bonds. The molecule has 1 saturated carbocycles. The first-order chi connectivity index (χ1) is 12.2. The molecule has 0 bridgehead atoms. The molecule has 2 rings (SSSR count). The molecule has 1 heterocycles. The zero-order chi connectivity index (χ0) is 19.3. The number of hydrogen-bond donors (Lipinski definition) is 1. The van der Waals surface area contributed by atoms with Gasteiger partial charge in [-0.25, -0.2) is 19.6 Å². The number of esters is 1. The summed E-state index contributed by atoms with van der Waals surface area (Å²) < 4.78 is 10.1. The van der Waals surface area contributed by atoms with E-state index in [4.69, 9.17) is 9.47 Å². The van der Waals surface area contributed by atoms with Gasteiger partial charge in [-0.1, -0.05) is 0 Å². The molecule has 1 aromatic heterocycles. The summed E-state index contributed by atoms with van der Waals surface area (Å²) in [6.45, 7) is 9.00. The van der Waals surface area contributed by atoms with E-state index < -0.39 is 11.6 Å². The lowest BCUT2D eigenvalue weighted by atomic mass is 10.2. The number of hydrogen-bond acceptors (Lipinski definition) is 7. The monoisotopic (exact) mass is 364 g/mol. The summed E-state index contributed by atoms with van der Waals surface area (Å²) in [7, 11) is 1.91. The Hall–Kier alpha value is -2.38. The van der Waals surface area contributed by atoms with Crippen molar-refractivity contribution < 1.29 is 19.1 Å². The van der Waals surface area contributed by atoms with E-state index in [0.717, 1.165) is 13.0 Å². The zero-order valence-corrected chi connectivity index (χ0v) is 16.1. The summed E-state index contributed by atoms with van der Waals surface area (Å²) in [5.41, 5.74) is -0.143. The summed E-state index contributed by atoms with van der Waals surface area (Å²) in [6, 6.07) is 0. The maximum atomic E-state index is 11.7. The Morgan fingerprint density at radius 3 is 2.50 bits per heavy atom. The number of rotatable bonds is 7. The molecular weight excluding hydrogens is 336 g/mol. The first-order valence-corrected chi connectivity index (χ1v) is 8.86. The second-order valence-corrected chi connectivity index (χ2v) is 7.51. The Morgan fingerprint density at radius 2 is 1.92 bits per heavy atom. The van der Waals surface area contributed by atoms with Gasteiger partial charge in [0.2, 0.25) is 5.95 Å². The van der Waals surface area contributed by atoms with Crippen molar-refractivity contribution in [1.29, 1.82) is 0 Å². The minimum Gasteiger partial charge on any atom is -0.462 e. The van der Waals surface area contributed by atoms with E-state index >= 15 is 0 Å². The van der Waals surface area contributed by atoms with Crippen LogP contribution in [-0.2, 0) is 9.47 Å². The first kappa shape index (κ1) is 19.9. The van der Waals surface area contributed by atoms with Gasteiger partial charge in [-0.3, -0.25) is 0 Å². The molecule has 8 heteroatoms. The van der Waals surface area contributed by atoms with Gasteiger partial charge in [-0.05, 0) is 46.0 Å². The molecule has 1 fully saturated rings. The highest BCUT2D eigenvalue weighted by atomic mass is 16.6. The highest BCUT2D eigenvalue weighted by Crippen LogP contribution is 2.38. The Labute approximate surface area is 154 Å². The van der Waals surface area contributed by atoms with Crippen LogP contribution < -0.4 is 10.2 Å². The highest BCUT2D eigenvalue weighted by molar-refractivity contribution is 5.88. The van der Waals surface area contributed by atoms with E-state index in [9.17, 15) is 9.59 Å². The standard InChI is InChI=1S/C18H28N4O4/c1-6-25-15(23)14-9-19-16(20-10-14)22(5)11-13-7-12(13)8-21-17(24)26-18(2,3)4/h9-10,12-13H,6-8,11H2,1-5H3,(H,21,24). The van der Waals surface area contributed by atoms with Crippen LogP contribution >= 0.6 is 0 Å². The number of carbonyl (C=O) groups excluding carboxylic acids is 2. The third-order valence-electron chi connectivity index (χ3n) is 3.98. The SMILES string of the molecule is CCOC(=O)c1cnc(N(C)CC2CC2CNC(=O)OC(C)(C)C)nc1. The largest absolute Gasteiger partial charge is 0.462 e. The van der Waals surface area contributed by atoms with Gasteiger partial charge in [0.05, 0.1) is 12.2 Å². The summed E-state index contributed by atoms with van der Waals surface area (Å²) in [5.74, 6) is 1.05. The number of amides is 1. The molecule has 2 unspecified atom stereocenters. The second-order valence-electron chi connectivity index (χ2n) is 7.51. The van der Waals surface area contributed by atoms with Gasteiger partial charge in [0.15, 0.2) is 0 Å². The predicted octanol–water partition coefficient (Wildman–Crippen LogP) is 2.25. The Morgan fingerprint density at radius 1 is 1.27 bits per heavy atom. The number of alkyl carbamates (subject to hydrolysis) is 1. The van der Waals surface area contributed by atoms with Crippen LogP contribution in [0, 0.1) is 11.8 Å². The molecule has 2 atom stereocenters. The van der Waals surface area contributed by atoms with E-state index in [-0.39, 0.29) is 6.09 Å². The summed E-state index contributed by atoms with van der Waals surface area (Å²) >= 11 is 0. The van der Waals surface area contributed by atoms with Gasteiger partial charge in [-0.15, -0.1) is 0 Å². The lowest BCUT2D eigenvalue weighted by Gasteiger charge is -2.20. The van der Waals surface area contributed by atoms with Gasteiger partial charge in [0.1, 0.15) is 5.60 Å². The maximum Gasteiger partial charge on any atom is 0.407 e. The molecule has 26 heavy (non-hydrogen) atoms. The molecule has 0 aromatic carbocycles. The Bertz CT molecular complexity index is 627. The van der Waals surface area contributed by atoms with E-state index in [1.807, 2.05) is 32.7 Å². The second kappa shape index (κ2) is 8.33. The van der Waals surface area contributed by atoms with Gasteiger partial charge in [-0.2, -0.15) is 0 Å². The number of nitrogens with one attached hydrogen (secondary N) is 1. The lowest BCUT2D eigenvalue weighted by Crippen LogP contribution is -2.34. The number of carbonyl (C=O) groups is 2. The molecule has 1 aromatic rings. The summed E-state index contributed by atoms with van der Waals surface area (Å²) in [4.78, 5) is 33.7. The van der Waals surface area contributed by atoms with E-state index in [2.05, 4.69) is 15.3 Å². The Balaban J connectivity index is 1.74. The number of anilines is 1. The van der Waals surface area contributed by atoms with Crippen LogP contribution in [0.4, 0.5) is 10.7 Å². The Kier molecular flexibility index (Phi) is 6.39. The van der Waals surface area contributed by atoms with Crippen LogP contribution in [0.2, 0.25) is 0 Å². The van der Waals surface area contributed by atoms with Gasteiger partial charge < -0.3 is 19.7 Å². The number of ether oxygens (including phenoxy) is 2. The average molecular weight is 364 g/mol. The third-order valence-corrected chi connectivity index (χ3v) is 3.98. The number of aromatic nitrogens is 2. The van der Waals surface area contributed by atoms with Crippen molar-refractivity contribution in [2.24, 2.45) is 11.8 Å². The van der Waals surface area contributed by atoms with E-state index in [1.165, 1.54) is 12.4 Å².